The molecule has 0 aliphatic carbocycles. The Balaban J connectivity index is 2.10. The minimum Gasteiger partial charge on any atom is -0.488 e. The molecule has 0 spiro atoms. The number of hydrogen-bond donors (Lipinski definition) is 1. The van der Waals surface area contributed by atoms with Crippen LogP contribution < -0.4 is 4.74 Å². The van der Waals surface area contributed by atoms with Crippen LogP contribution in [0.25, 0.3) is 5.69 Å². The van der Waals surface area contributed by atoms with Crippen LogP contribution in [-0.2, 0) is 0 Å². The Morgan fingerprint density at radius 1 is 1.35 bits per heavy atom. The lowest BCUT2D eigenvalue weighted by Gasteiger charge is -2.04. The third-order valence-electron chi connectivity index (χ3n) is 2.35. The molecule has 1 aromatic heterocycles. The van der Waals surface area contributed by atoms with E-state index < -0.39 is 6.10 Å². The molecule has 1 heterocycles. The van der Waals surface area contributed by atoms with Crippen molar-refractivity contribution in [3.8, 4) is 11.4 Å². The first kappa shape index (κ1) is 11.7. The lowest BCUT2D eigenvalue weighted by Crippen LogP contribution is -2.12. The number of benzene rings is 1. The van der Waals surface area contributed by atoms with Gasteiger partial charge in [0.05, 0.1) is 24.2 Å². The standard InChI is InChI=1S/C13H16N2O2/c1-10-3-5-12(6-4-10)15-8-13(7-14-15)17-9-11(2)16/h3-8,11,16H,9H2,1-2H3. The summed E-state index contributed by atoms with van der Waals surface area (Å²) in [4.78, 5) is 0. The zero-order valence-electron chi connectivity index (χ0n) is 10.00. The van der Waals surface area contributed by atoms with Gasteiger partial charge in [0.1, 0.15) is 6.61 Å². The summed E-state index contributed by atoms with van der Waals surface area (Å²) in [5.41, 5.74) is 2.20. The number of aromatic nitrogens is 2. The highest BCUT2D eigenvalue weighted by atomic mass is 16.5. The Labute approximate surface area is 100 Å². The van der Waals surface area contributed by atoms with Crippen molar-refractivity contribution in [2.75, 3.05) is 6.61 Å². The molecule has 1 aromatic carbocycles. The van der Waals surface area contributed by atoms with Crippen molar-refractivity contribution in [1.82, 2.24) is 9.78 Å². The maximum atomic E-state index is 9.12. The minimum atomic E-state index is -0.474. The highest BCUT2D eigenvalue weighted by molar-refractivity contribution is 5.34. The number of aliphatic hydroxyl groups is 1. The van der Waals surface area contributed by atoms with Crippen molar-refractivity contribution in [3.05, 3.63) is 42.2 Å². The number of nitrogens with zero attached hydrogens (tertiary/aromatic N) is 2. The summed E-state index contributed by atoms with van der Waals surface area (Å²) in [6.45, 7) is 4.01. The van der Waals surface area contributed by atoms with Gasteiger partial charge in [-0.15, -0.1) is 0 Å². The van der Waals surface area contributed by atoms with E-state index in [-0.39, 0.29) is 6.61 Å². The van der Waals surface area contributed by atoms with Crippen molar-refractivity contribution >= 4 is 0 Å². The highest BCUT2D eigenvalue weighted by Gasteiger charge is 2.03. The van der Waals surface area contributed by atoms with Crippen LogP contribution in [0.2, 0.25) is 0 Å². The van der Waals surface area contributed by atoms with Crippen LogP contribution in [0.5, 0.6) is 5.75 Å². The maximum absolute atomic E-state index is 9.12. The molecule has 2 aromatic rings. The Bertz CT molecular complexity index is 474. The topological polar surface area (TPSA) is 47.3 Å². The van der Waals surface area contributed by atoms with Gasteiger partial charge in [0.2, 0.25) is 0 Å². The van der Waals surface area contributed by atoms with Gasteiger partial charge in [-0.3, -0.25) is 0 Å². The van der Waals surface area contributed by atoms with E-state index in [1.165, 1.54) is 5.56 Å². The zero-order chi connectivity index (χ0) is 12.3. The van der Waals surface area contributed by atoms with Crippen LogP contribution in [0.4, 0.5) is 0 Å². The van der Waals surface area contributed by atoms with Gasteiger partial charge in [-0.1, -0.05) is 17.7 Å². The molecule has 4 heteroatoms. The first-order chi connectivity index (χ1) is 8.15. The fourth-order valence-electron chi connectivity index (χ4n) is 1.44. The summed E-state index contributed by atoms with van der Waals surface area (Å²) in [5.74, 6) is 0.659. The summed E-state index contributed by atoms with van der Waals surface area (Å²) >= 11 is 0. The third-order valence-corrected chi connectivity index (χ3v) is 2.35. The Hall–Kier alpha value is -1.81. The van der Waals surface area contributed by atoms with E-state index in [0.29, 0.717) is 5.75 Å². The largest absolute Gasteiger partial charge is 0.488 e. The fraction of sp³-hybridized carbons (Fsp3) is 0.308. The van der Waals surface area contributed by atoms with Crippen LogP contribution >= 0.6 is 0 Å². The molecule has 17 heavy (non-hydrogen) atoms. The minimum absolute atomic E-state index is 0.277. The second-order valence-electron chi connectivity index (χ2n) is 4.12. The van der Waals surface area contributed by atoms with E-state index in [4.69, 9.17) is 9.84 Å². The average Bonchev–Trinajstić information content (AvgIpc) is 2.76. The van der Waals surface area contributed by atoms with Crippen LogP contribution in [0.3, 0.4) is 0 Å². The Kier molecular flexibility index (Phi) is 3.44. The first-order valence-electron chi connectivity index (χ1n) is 5.58. The van der Waals surface area contributed by atoms with Gasteiger partial charge in [0.25, 0.3) is 0 Å². The van der Waals surface area contributed by atoms with E-state index in [0.717, 1.165) is 5.69 Å². The number of rotatable bonds is 4. The maximum Gasteiger partial charge on any atom is 0.157 e. The quantitative estimate of drug-likeness (QED) is 0.876. The molecule has 0 saturated carbocycles. The fourth-order valence-corrected chi connectivity index (χ4v) is 1.44. The smallest absolute Gasteiger partial charge is 0.157 e. The van der Waals surface area contributed by atoms with E-state index >= 15 is 0 Å². The average molecular weight is 232 g/mol. The Morgan fingerprint density at radius 3 is 2.71 bits per heavy atom. The normalized spacial score (nSPS) is 12.4. The van der Waals surface area contributed by atoms with Crippen molar-refractivity contribution in [2.24, 2.45) is 0 Å². The van der Waals surface area contributed by atoms with Crippen molar-refractivity contribution < 1.29 is 9.84 Å². The van der Waals surface area contributed by atoms with Gasteiger partial charge < -0.3 is 9.84 Å². The molecule has 0 bridgehead atoms. The van der Waals surface area contributed by atoms with Crippen molar-refractivity contribution in [1.29, 1.82) is 0 Å². The molecule has 0 aliphatic rings. The molecule has 2 rings (SSSR count). The summed E-state index contributed by atoms with van der Waals surface area (Å²) < 4.78 is 7.11. The number of aliphatic hydroxyl groups excluding tert-OH is 1. The molecular formula is C13H16N2O2. The summed E-state index contributed by atoms with van der Waals surface area (Å²) in [7, 11) is 0. The van der Waals surface area contributed by atoms with E-state index in [9.17, 15) is 0 Å². The summed E-state index contributed by atoms with van der Waals surface area (Å²) in [5, 5.41) is 13.3. The zero-order valence-corrected chi connectivity index (χ0v) is 10.00. The molecule has 1 atom stereocenters. The molecule has 0 fully saturated rings. The highest BCUT2D eigenvalue weighted by Crippen LogP contribution is 2.14. The lowest BCUT2D eigenvalue weighted by molar-refractivity contribution is 0.122. The first-order valence-corrected chi connectivity index (χ1v) is 5.58. The monoisotopic (exact) mass is 232 g/mol. The molecule has 1 unspecified atom stereocenters. The molecule has 0 radical (unpaired) electrons. The van der Waals surface area contributed by atoms with Gasteiger partial charge >= 0.3 is 0 Å². The van der Waals surface area contributed by atoms with Gasteiger partial charge in [0.15, 0.2) is 5.75 Å². The molecule has 4 nitrogen and oxygen atoms in total. The van der Waals surface area contributed by atoms with E-state index in [2.05, 4.69) is 5.10 Å². The van der Waals surface area contributed by atoms with Gasteiger partial charge in [-0.2, -0.15) is 5.10 Å². The third kappa shape index (κ3) is 3.07. The number of aryl methyl sites for hydroxylation is 1. The van der Waals surface area contributed by atoms with Gasteiger partial charge in [0, 0.05) is 0 Å². The summed E-state index contributed by atoms with van der Waals surface area (Å²) in [6.07, 6.45) is 2.97. The van der Waals surface area contributed by atoms with E-state index in [1.807, 2.05) is 31.2 Å². The molecule has 0 aliphatic heterocycles. The van der Waals surface area contributed by atoms with Crippen LogP contribution in [0.1, 0.15) is 12.5 Å². The predicted octanol–water partition coefficient (Wildman–Crippen LogP) is 1.94. The number of hydrogen-bond acceptors (Lipinski definition) is 3. The van der Waals surface area contributed by atoms with Crippen LogP contribution in [-0.4, -0.2) is 27.6 Å². The van der Waals surface area contributed by atoms with Crippen molar-refractivity contribution in [2.45, 2.75) is 20.0 Å². The Morgan fingerprint density at radius 2 is 2.06 bits per heavy atom. The van der Waals surface area contributed by atoms with Crippen molar-refractivity contribution in [3.63, 3.8) is 0 Å². The second kappa shape index (κ2) is 5.01. The molecule has 90 valence electrons. The van der Waals surface area contributed by atoms with Crippen LogP contribution in [0, 0.1) is 6.92 Å². The SMILES string of the molecule is Cc1ccc(-n2cc(OCC(C)O)cn2)cc1. The number of ether oxygens (including phenoxy) is 1. The lowest BCUT2D eigenvalue weighted by atomic mass is 10.2. The van der Waals surface area contributed by atoms with Crippen LogP contribution in [0.15, 0.2) is 36.7 Å². The molecular weight excluding hydrogens is 216 g/mol. The van der Waals surface area contributed by atoms with Gasteiger partial charge in [-0.05, 0) is 26.0 Å². The predicted molar refractivity (Wildman–Crippen MR) is 65.5 cm³/mol. The molecule has 0 amide bonds. The second-order valence-corrected chi connectivity index (χ2v) is 4.12. The molecule has 0 saturated heterocycles. The summed E-state index contributed by atoms with van der Waals surface area (Å²) in [6, 6.07) is 8.07. The van der Waals surface area contributed by atoms with E-state index in [1.54, 1.807) is 24.0 Å². The molecule has 1 N–H and O–H groups in total. The van der Waals surface area contributed by atoms with Gasteiger partial charge in [-0.25, -0.2) is 4.68 Å².